The maximum absolute atomic E-state index is 14.2. The third-order valence-electron chi connectivity index (χ3n) is 5.84. The molecule has 3 heterocycles. The highest BCUT2D eigenvalue weighted by Gasteiger charge is 2.23. The molecule has 2 aromatic rings. The number of hydrogen-bond acceptors (Lipinski definition) is 7. The van der Waals surface area contributed by atoms with Crippen molar-refractivity contribution in [2.75, 3.05) is 25.1 Å². The Morgan fingerprint density at radius 2 is 2.00 bits per heavy atom. The third-order valence-corrected chi connectivity index (χ3v) is 5.84. The highest BCUT2D eigenvalue weighted by atomic mass is 19.1. The fourth-order valence-electron chi connectivity index (χ4n) is 4.15. The molecule has 9 nitrogen and oxygen atoms in total. The molecule has 2 N–H and O–H groups in total. The zero-order valence-corrected chi connectivity index (χ0v) is 17.7. The minimum atomic E-state index is -0.588. The molecule has 4 rings (SSSR count). The molecule has 0 atom stereocenters. The van der Waals surface area contributed by atoms with Crippen LogP contribution in [0, 0.1) is 11.7 Å². The van der Waals surface area contributed by atoms with Crippen LogP contribution in [0.4, 0.5) is 16.0 Å². The zero-order valence-electron chi connectivity index (χ0n) is 17.7. The van der Waals surface area contributed by atoms with Gasteiger partial charge in [-0.1, -0.05) is 0 Å². The van der Waals surface area contributed by atoms with E-state index < -0.39 is 5.82 Å². The van der Waals surface area contributed by atoms with Gasteiger partial charge in [-0.05, 0) is 44.4 Å². The van der Waals surface area contributed by atoms with Crippen molar-refractivity contribution >= 4 is 17.5 Å². The summed E-state index contributed by atoms with van der Waals surface area (Å²) in [6.45, 7) is 3.41. The lowest BCUT2D eigenvalue weighted by molar-refractivity contribution is -0.119. The molecule has 1 saturated carbocycles. The smallest absolute Gasteiger partial charge is 0.255 e. The van der Waals surface area contributed by atoms with E-state index in [1.807, 2.05) is 10.9 Å². The summed E-state index contributed by atoms with van der Waals surface area (Å²) in [5, 5.41) is 10.4. The van der Waals surface area contributed by atoms with Crippen LogP contribution in [-0.4, -0.2) is 51.5 Å². The average Bonchev–Trinajstić information content (AvgIpc) is 3.24. The van der Waals surface area contributed by atoms with Gasteiger partial charge < -0.3 is 20.1 Å². The van der Waals surface area contributed by atoms with Crippen LogP contribution in [0.15, 0.2) is 18.6 Å². The van der Waals surface area contributed by atoms with E-state index in [0.29, 0.717) is 18.6 Å². The Morgan fingerprint density at radius 3 is 2.74 bits per heavy atom. The van der Waals surface area contributed by atoms with Crippen molar-refractivity contribution in [2.24, 2.45) is 5.92 Å². The van der Waals surface area contributed by atoms with Gasteiger partial charge in [0.2, 0.25) is 17.7 Å². The summed E-state index contributed by atoms with van der Waals surface area (Å²) in [5.74, 6) is -0.0689. The topological polar surface area (TPSA) is 103 Å². The largest absolute Gasteiger partial charge is 0.475 e. The van der Waals surface area contributed by atoms with E-state index in [1.54, 1.807) is 6.20 Å². The standard InChI is InChI=1S/C21H29FN6O3/c1-14(29)25-16-4-2-15(3-5-16)13-31-20-19(22)11-23-21(27-20)26-17-10-24-28(12-17)18-6-8-30-9-7-18/h10-12,15-16,18H,2-9,13H2,1H3,(H,25,29)(H,23,26,27)/t15-,16-. The minimum absolute atomic E-state index is 0.00101. The van der Waals surface area contributed by atoms with Gasteiger partial charge in [0.05, 0.1) is 30.7 Å². The van der Waals surface area contributed by atoms with Crippen molar-refractivity contribution in [3.8, 4) is 5.88 Å². The van der Waals surface area contributed by atoms with E-state index in [0.717, 1.165) is 63.6 Å². The Balaban J connectivity index is 1.30. The first-order valence-corrected chi connectivity index (χ1v) is 10.9. The van der Waals surface area contributed by atoms with Crippen molar-refractivity contribution in [3.63, 3.8) is 0 Å². The molecule has 2 aromatic heterocycles. The molecular formula is C21H29FN6O3. The van der Waals surface area contributed by atoms with Gasteiger partial charge in [0.1, 0.15) is 0 Å². The van der Waals surface area contributed by atoms with Crippen molar-refractivity contribution < 1.29 is 18.7 Å². The highest BCUT2D eigenvalue weighted by Crippen LogP contribution is 2.26. The molecule has 1 saturated heterocycles. The number of amides is 1. The van der Waals surface area contributed by atoms with Gasteiger partial charge in [-0.15, -0.1) is 0 Å². The summed E-state index contributed by atoms with van der Waals surface area (Å²) in [6.07, 6.45) is 10.2. The summed E-state index contributed by atoms with van der Waals surface area (Å²) >= 11 is 0. The first kappa shape index (κ1) is 21.5. The predicted octanol–water partition coefficient (Wildman–Crippen LogP) is 2.98. The third kappa shape index (κ3) is 5.90. The Hall–Kier alpha value is -2.75. The number of rotatable bonds is 7. The van der Waals surface area contributed by atoms with Gasteiger partial charge in [0.15, 0.2) is 0 Å². The quantitative estimate of drug-likeness (QED) is 0.693. The number of nitrogens with zero attached hydrogens (tertiary/aromatic N) is 4. The van der Waals surface area contributed by atoms with Crippen LogP contribution in [0.5, 0.6) is 5.88 Å². The number of anilines is 2. The Labute approximate surface area is 180 Å². The maximum atomic E-state index is 14.2. The molecule has 0 radical (unpaired) electrons. The average molecular weight is 433 g/mol. The van der Waals surface area contributed by atoms with E-state index in [4.69, 9.17) is 9.47 Å². The molecule has 31 heavy (non-hydrogen) atoms. The number of halogens is 1. The number of hydrogen-bond donors (Lipinski definition) is 2. The van der Waals surface area contributed by atoms with Gasteiger partial charge in [0, 0.05) is 32.4 Å². The molecule has 10 heteroatoms. The second-order valence-electron chi connectivity index (χ2n) is 8.25. The van der Waals surface area contributed by atoms with E-state index >= 15 is 0 Å². The molecule has 0 aromatic carbocycles. The SMILES string of the molecule is CC(=O)N[C@H]1CC[C@H](COc2nc(Nc3cnn(C4CCOCC4)c3)ncc2F)CC1. The molecule has 1 amide bonds. The van der Waals surface area contributed by atoms with Crippen molar-refractivity contribution in [1.29, 1.82) is 0 Å². The van der Waals surface area contributed by atoms with Crippen LogP contribution in [-0.2, 0) is 9.53 Å². The molecular weight excluding hydrogens is 403 g/mol. The molecule has 2 fully saturated rings. The highest BCUT2D eigenvalue weighted by molar-refractivity contribution is 5.73. The fourth-order valence-corrected chi connectivity index (χ4v) is 4.15. The zero-order chi connectivity index (χ0) is 21.6. The van der Waals surface area contributed by atoms with Gasteiger partial charge in [-0.2, -0.15) is 14.5 Å². The van der Waals surface area contributed by atoms with Crippen LogP contribution >= 0.6 is 0 Å². The Morgan fingerprint density at radius 1 is 1.23 bits per heavy atom. The van der Waals surface area contributed by atoms with Crippen molar-refractivity contribution in [1.82, 2.24) is 25.1 Å². The summed E-state index contributed by atoms with van der Waals surface area (Å²) < 4.78 is 27.2. The van der Waals surface area contributed by atoms with Crippen LogP contribution in [0.1, 0.15) is 51.5 Å². The maximum Gasteiger partial charge on any atom is 0.255 e. The number of nitrogens with one attached hydrogen (secondary N) is 2. The van der Waals surface area contributed by atoms with Gasteiger partial charge in [-0.3, -0.25) is 9.48 Å². The fraction of sp³-hybridized carbons (Fsp3) is 0.619. The second-order valence-corrected chi connectivity index (χ2v) is 8.25. The molecule has 1 aliphatic carbocycles. The first-order chi connectivity index (χ1) is 15.1. The number of carbonyl (C=O) groups is 1. The Kier molecular flexibility index (Phi) is 6.96. The van der Waals surface area contributed by atoms with E-state index in [1.165, 1.54) is 6.92 Å². The van der Waals surface area contributed by atoms with E-state index in [-0.39, 0.29) is 23.8 Å². The molecule has 2 aliphatic rings. The summed E-state index contributed by atoms with van der Waals surface area (Å²) in [6, 6.07) is 0.542. The van der Waals surface area contributed by atoms with Crippen LogP contribution in [0.3, 0.4) is 0 Å². The minimum Gasteiger partial charge on any atom is -0.475 e. The molecule has 0 spiro atoms. The Bertz CT molecular complexity index is 878. The summed E-state index contributed by atoms with van der Waals surface area (Å²) in [5.41, 5.74) is 0.736. The monoisotopic (exact) mass is 432 g/mol. The second kappa shape index (κ2) is 10.0. The summed E-state index contributed by atoms with van der Waals surface area (Å²) in [7, 11) is 0. The van der Waals surface area contributed by atoms with Crippen LogP contribution < -0.4 is 15.4 Å². The first-order valence-electron chi connectivity index (χ1n) is 10.9. The van der Waals surface area contributed by atoms with E-state index in [2.05, 4.69) is 25.7 Å². The lowest BCUT2D eigenvalue weighted by Gasteiger charge is -2.28. The van der Waals surface area contributed by atoms with Gasteiger partial charge in [-0.25, -0.2) is 4.98 Å². The molecule has 0 bridgehead atoms. The number of ether oxygens (including phenoxy) is 2. The van der Waals surface area contributed by atoms with Crippen LogP contribution in [0.25, 0.3) is 0 Å². The number of carbonyl (C=O) groups excluding carboxylic acids is 1. The molecule has 168 valence electrons. The van der Waals surface area contributed by atoms with Gasteiger partial charge in [0.25, 0.3) is 5.88 Å². The van der Waals surface area contributed by atoms with Gasteiger partial charge >= 0.3 is 0 Å². The van der Waals surface area contributed by atoms with Crippen LogP contribution in [0.2, 0.25) is 0 Å². The van der Waals surface area contributed by atoms with E-state index in [9.17, 15) is 9.18 Å². The lowest BCUT2D eigenvalue weighted by Crippen LogP contribution is -2.37. The predicted molar refractivity (Wildman–Crippen MR) is 112 cm³/mol. The molecule has 1 aliphatic heterocycles. The van der Waals surface area contributed by atoms with Crippen molar-refractivity contribution in [3.05, 3.63) is 24.4 Å². The normalized spacial score (nSPS) is 22.1. The summed E-state index contributed by atoms with van der Waals surface area (Å²) in [4.78, 5) is 19.4. The molecule has 0 unspecified atom stereocenters. The lowest BCUT2D eigenvalue weighted by atomic mass is 9.86. The number of aromatic nitrogens is 4. The van der Waals surface area contributed by atoms with Crippen molar-refractivity contribution in [2.45, 2.75) is 57.5 Å².